The highest BCUT2D eigenvalue weighted by molar-refractivity contribution is 7.89. The summed E-state index contributed by atoms with van der Waals surface area (Å²) < 4.78 is 36.2. The molecule has 0 aliphatic carbocycles. The van der Waals surface area contributed by atoms with Gasteiger partial charge in [0, 0.05) is 25.0 Å². The number of aromatic nitrogens is 1. The summed E-state index contributed by atoms with van der Waals surface area (Å²) in [5.41, 5.74) is 3.91. The fourth-order valence-electron chi connectivity index (χ4n) is 3.85. The van der Waals surface area contributed by atoms with Crippen LogP contribution < -0.4 is 4.74 Å². The van der Waals surface area contributed by atoms with Gasteiger partial charge in [0.2, 0.25) is 10.0 Å². The molecular formula is C22H24N2O3S. The first-order valence-corrected chi connectivity index (χ1v) is 10.7. The summed E-state index contributed by atoms with van der Waals surface area (Å²) >= 11 is 0. The van der Waals surface area contributed by atoms with E-state index in [2.05, 4.69) is 4.57 Å². The fraction of sp³-hybridized carbons (Fsp3) is 0.273. The molecule has 1 unspecified atom stereocenters. The number of nitrogens with zero attached hydrogens (tertiary/aromatic N) is 2. The molecule has 6 heteroatoms. The van der Waals surface area contributed by atoms with Crippen LogP contribution in [-0.4, -0.2) is 30.9 Å². The van der Waals surface area contributed by atoms with E-state index in [4.69, 9.17) is 4.74 Å². The van der Waals surface area contributed by atoms with Gasteiger partial charge in [0.05, 0.1) is 18.0 Å². The van der Waals surface area contributed by atoms with Gasteiger partial charge < -0.3 is 9.30 Å². The molecule has 4 rings (SSSR count). The van der Waals surface area contributed by atoms with Crippen LogP contribution in [0.15, 0.2) is 65.7 Å². The predicted molar refractivity (Wildman–Crippen MR) is 109 cm³/mol. The molecule has 0 saturated carbocycles. The van der Waals surface area contributed by atoms with Gasteiger partial charge in [-0.3, -0.25) is 0 Å². The van der Waals surface area contributed by atoms with E-state index >= 15 is 0 Å². The van der Waals surface area contributed by atoms with Gasteiger partial charge >= 0.3 is 0 Å². The zero-order valence-electron chi connectivity index (χ0n) is 16.3. The Hall–Kier alpha value is -2.57. The van der Waals surface area contributed by atoms with E-state index in [1.54, 1.807) is 29.6 Å². The minimum Gasteiger partial charge on any atom is -0.496 e. The van der Waals surface area contributed by atoms with Crippen LogP contribution in [0.2, 0.25) is 0 Å². The van der Waals surface area contributed by atoms with Crippen LogP contribution >= 0.6 is 0 Å². The van der Waals surface area contributed by atoms with Crippen molar-refractivity contribution in [2.45, 2.75) is 31.3 Å². The molecule has 0 radical (unpaired) electrons. The highest BCUT2D eigenvalue weighted by Gasteiger charge is 2.37. The third-order valence-electron chi connectivity index (χ3n) is 5.36. The Bertz CT molecular complexity index is 1100. The molecule has 1 aromatic heterocycles. The van der Waals surface area contributed by atoms with Crippen LogP contribution in [0.4, 0.5) is 0 Å². The Morgan fingerprint density at radius 3 is 2.43 bits per heavy atom. The maximum atomic E-state index is 13.6. The smallest absolute Gasteiger partial charge is 0.244 e. The number of hydrogen-bond acceptors (Lipinski definition) is 3. The molecule has 0 spiro atoms. The van der Waals surface area contributed by atoms with Crippen LogP contribution in [0.25, 0.3) is 0 Å². The molecule has 1 aliphatic heterocycles. The van der Waals surface area contributed by atoms with Gasteiger partial charge in [-0.15, -0.1) is 0 Å². The Morgan fingerprint density at radius 2 is 1.75 bits per heavy atom. The Morgan fingerprint density at radius 1 is 1.00 bits per heavy atom. The van der Waals surface area contributed by atoms with Gasteiger partial charge in [-0.2, -0.15) is 4.31 Å². The second kappa shape index (κ2) is 7.11. The monoisotopic (exact) mass is 396 g/mol. The lowest BCUT2D eigenvalue weighted by atomic mass is 10.0. The number of sulfonamides is 1. The number of ether oxygens (including phenoxy) is 1. The first-order valence-electron chi connectivity index (χ1n) is 9.30. The molecule has 1 aliphatic rings. The van der Waals surface area contributed by atoms with E-state index in [0.29, 0.717) is 23.7 Å². The molecule has 28 heavy (non-hydrogen) atoms. The van der Waals surface area contributed by atoms with Gasteiger partial charge in [-0.1, -0.05) is 29.8 Å². The van der Waals surface area contributed by atoms with Crippen molar-refractivity contribution in [2.75, 3.05) is 13.7 Å². The topological polar surface area (TPSA) is 51.5 Å². The third-order valence-corrected chi connectivity index (χ3v) is 7.22. The van der Waals surface area contributed by atoms with Crippen molar-refractivity contribution >= 4 is 10.0 Å². The van der Waals surface area contributed by atoms with E-state index in [-0.39, 0.29) is 6.04 Å². The average molecular weight is 397 g/mol. The molecule has 0 N–H and O–H groups in total. The highest BCUT2D eigenvalue weighted by atomic mass is 32.2. The van der Waals surface area contributed by atoms with Crippen molar-refractivity contribution in [3.63, 3.8) is 0 Å². The van der Waals surface area contributed by atoms with Gasteiger partial charge in [-0.05, 0) is 55.3 Å². The van der Waals surface area contributed by atoms with Crippen LogP contribution in [0.5, 0.6) is 5.75 Å². The summed E-state index contributed by atoms with van der Waals surface area (Å²) in [6, 6.07) is 16.8. The van der Waals surface area contributed by atoms with Crippen molar-refractivity contribution in [1.29, 1.82) is 0 Å². The van der Waals surface area contributed by atoms with E-state index < -0.39 is 10.0 Å². The first-order chi connectivity index (χ1) is 13.4. The minimum absolute atomic E-state index is 0.294. The molecular weight excluding hydrogens is 372 g/mol. The Balaban J connectivity index is 1.82. The number of fused-ring (bicyclic) bond motifs is 1. The van der Waals surface area contributed by atoms with Gasteiger partial charge in [0.25, 0.3) is 0 Å². The molecule has 0 saturated heterocycles. The van der Waals surface area contributed by atoms with Crippen molar-refractivity contribution in [2.24, 2.45) is 0 Å². The summed E-state index contributed by atoms with van der Waals surface area (Å²) in [5.74, 6) is 0.682. The van der Waals surface area contributed by atoms with Crippen molar-refractivity contribution in [1.82, 2.24) is 8.87 Å². The van der Waals surface area contributed by atoms with E-state index in [1.807, 2.05) is 56.4 Å². The van der Waals surface area contributed by atoms with Crippen LogP contribution in [0.1, 0.15) is 28.4 Å². The number of benzene rings is 2. The summed E-state index contributed by atoms with van der Waals surface area (Å²) in [7, 11) is -2.09. The lowest BCUT2D eigenvalue weighted by molar-refractivity contribution is 0.298. The van der Waals surface area contributed by atoms with Crippen molar-refractivity contribution in [3.05, 3.63) is 83.2 Å². The SMILES string of the molecule is COc1ccc(S(=O)(=O)N2CCn3cccc3C2c2ccc(C)cc2)cc1C. The average Bonchev–Trinajstić information content (AvgIpc) is 3.16. The number of methoxy groups -OCH3 is 1. The van der Waals surface area contributed by atoms with E-state index in [9.17, 15) is 8.42 Å². The molecule has 146 valence electrons. The first kappa shape index (κ1) is 18.8. The summed E-state index contributed by atoms with van der Waals surface area (Å²) in [4.78, 5) is 0.294. The summed E-state index contributed by atoms with van der Waals surface area (Å²) in [5, 5.41) is 0. The normalized spacial score (nSPS) is 17.3. The second-order valence-corrected chi connectivity index (χ2v) is 9.08. The van der Waals surface area contributed by atoms with E-state index in [0.717, 1.165) is 22.4 Å². The lowest BCUT2D eigenvalue weighted by Crippen LogP contribution is -2.42. The Labute approximate surface area is 166 Å². The molecule has 1 atom stereocenters. The lowest BCUT2D eigenvalue weighted by Gasteiger charge is -2.36. The highest BCUT2D eigenvalue weighted by Crippen LogP contribution is 2.37. The largest absolute Gasteiger partial charge is 0.496 e. The molecule has 2 heterocycles. The van der Waals surface area contributed by atoms with E-state index in [1.165, 1.54) is 0 Å². The number of aryl methyl sites for hydroxylation is 2. The maximum Gasteiger partial charge on any atom is 0.244 e. The summed E-state index contributed by atoms with van der Waals surface area (Å²) in [6.45, 7) is 4.95. The minimum atomic E-state index is -3.67. The van der Waals surface area contributed by atoms with Crippen molar-refractivity contribution in [3.8, 4) is 5.75 Å². The third kappa shape index (κ3) is 3.12. The standard InChI is InChI=1S/C22H24N2O3S/c1-16-6-8-18(9-7-16)22-20-5-4-12-23(20)13-14-24(22)28(25,26)19-10-11-21(27-3)17(2)15-19/h4-12,15,22H,13-14H2,1-3H3. The number of hydrogen-bond donors (Lipinski definition) is 0. The molecule has 5 nitrogen and oxygen atoms in total. The molecule has 3 aromatic rings. The molecule has 0 amide bonds. The molecule has 0 bridgehead atoms. The quantitative estimate of drug-likeness (QED) is 0.672. The van der Waals surface area contributed by atoms with Crippen LogP contribution in [0.3, 0.4) is 0 Å². The van der Waals surface area contributed by atoms with Gasteiger partial charge in [0.15, 0.2) is 0 Å². The zero-order valence-corrected chi connectivity index (χ0v) is 17.1. The predicted octanol–water partition coefficient (Wildman–Crippen LogP) is 3.91. The maximum absolute atomic E-state index is 13.6. The molecule has 0 fully saturated rings. The van der Waals surface area contributed by atoms with Crippen molar-refractivity contribution < 1.29 is 13.2 Å². The second-order valence-electron chi connectivity index (χ2n) is 7.19. The van der Waals surface area contributed by atoms with Gasteiger partial charge in [-0.25, -0.2) is 8.42 Å². The number of rotatable bonds is 4. The fourth-order valence-corrected chi connectivity index (χ4v) is 5.52. The molecule has 2 aromatic carbocycles. The zero-order chi connectivity index (χ0) is 19.9. The van der Waals surface area contributed by atoms with Gasteiger partial charge in [0.1, 0.15) is 5.75 Å². The van der Waals surface area contributed by atoms with Crippen LogP contribution in [0, 0.1) is 13.8 Å². The van der Waals surface area contributed by atoms with Crippen LogP contribution in [-0.2, 0) is 16.6 Å². The summed E-state index contributed by atoms with van der Waals surface area (Å²) in [6.07, 6.45) is 2.01. The Kier molecular flexibility index (Phi) is 4.77.